The summed E-state index contributed by atoms with van der Waals surface area (Å²) >= 11 is 0. The second kappa shape index (κ2) is 11.5. The minimum atomic E-state index is -0.0781. The lowest BCUT2D eigenvalue weighted by atomic mass is 9.59. The summed E-state index contributed by atoms with van der Waals surface area (Å²) in [4.78, 5) is 18.7. The van der Waals surface area contributed by atoms with Crippen LogP contribution in [-0.2, 0) is 24.9 Å². The number of carbonyl (C=O) groups excluding carboxylic acids is 1. The predicted octanol–water partition coefficient (Wildman–Crippen LogP) is 6.26. The number of ether oxygens (including phenoxy) is 2. The first-order valence-corrected chi connectivity index (χ1v) is 15.3. The van der Waals surface area contributed by atoms with Gasteiger partial charge in [0.15, 0.2) is 11.5 Å². The van der Waals surface area contributed by atoms with Crippen LogP contribution in [0.3, 0.4) is 0 Å². The SMILES string of the molecule is COc1cc2c(cc1OC)CN(CCc1ccc(NC(=O)c3ccccc3C34CCN3CC4c3ccccc3)cc1)CC2. The fourth-order valence-corrected chi connectivity index (χ4v) is 7.41. The molecule has 0 aliphatic carbocycles. The molecule has 0 radical (unpaired) electrons. The van der Waals surface area contributed by atoms with Crippen LogP contribution in [0.1, 0.15) is 50.5 Å². The summed E-state index contributed by atoms with van der Waals surface area (Å²) in [5.41, 5.74) is 7.94. The lowest BCUT2D eigenvalue weighted by molar-refractivity contribution is -0.135. The van der Waals surface area contributed by atoms with Gasteiger partial charge in [0.2, 0.25) is 0 Å². The average molecular weight is 574 g/mol. The Kier molecular flexibility index (Phi) is 7.41. The van der Waals surface area contributed by atoms with E-state index in [-0.39, 0.29) is 11.4 Å². The Morgan fingerprint density at radius 1 is 0.884 bits per heavy atom. The number of hydrogen-bond donors (Lipinski definition) is 1. The van der Waals surface area contributed by atoms with E-state index >= 15 is 0 Å². The normalized spacial score (nSPS) is 21.1. The minimum Gasteiger partial charge on any atom is -0.493 e. The van der Waals surface area contributed by atoms with E-state index in [2.05, 4.69) is 81.8 Å². The second-order valence-corrected chi connectivity index (χ2v) is 12.0. The van der Waals surface area contributed by atoms with E-state index < -0.39 is 0 Å². The zero-order valence-electron chi connectivity index (χ0n) is 25.0. The third-order valence-electron chi connectivity index (χ3n) is 9.87. The highest BCUT2D eigenvalue weighted by molar-refractivity contribution is 6.05. The molecule has 43 heavy (non-hydrogen) atoms. The summed E-state index contributed by atoms with van der Waals surface area (Å²) in [5.74, 6) is 1.96. The summed E-state index contributed by atoms with van der Waals surface area (Å²) in [7, 11) is 3.37. The Morgan fingerprint density at radius 2 is 1.60 bits per heavy atom. The van der Waals surface area contributed by atoms with Crippen LogP contribution in [0.2, 0.25) is 0 Å². The van der Waals surface area contributed by atoms with Crippen LogP contribution in [0.5, 0.6) is 11.5 Å². The van der Waals surface area contributed by atoms with Crippen molar-refractivity contribution in [3.8, 4) is 11.5 Å². The molecule has 1 amide bonds. The van der Waals surface area contributed by atoms with E-state index in [0.29, 0.717) is 5.92 Å². The molecule has 6 heteroatoms. The van der Waals surface area contributed by atoms with Gasteiger partial charge in [0, 0.05) is 49.9 Å². The van der Waals surface area contributed by atoms with Crippen molar-refractivity contribution in [2.75, 3.05) is 45.7 Å². The molecule has 0 spiro atoms. The van der Waals surface area contributed by atoms with Gasteiger partial charge in [-0.05, 0) is 77.4 Å². The van der Waals surface area contributed by atoms with Gasteiger partial charge < -0.3 is 14.8 Å². The number of carbonyl (C=O) groups is 1. The molecule has 7 rings (SSSR count). The van der Waals surface area contributed by atoms with Crippen LogP contribution < -0.4 is 14.8 Å². The third kappa shape index (κ3) is 4.98. The van der Waals surface area contributed by atoms with E-state index in [4.69, 9.17) is 9.47 Å². The van der Waals surface area contributed by atoms with Gasteiger partial charge in [-0.2, -0.15) is 0 Å². The zero-order chi connectivity index (χ0) is 29.4. The van der Waals surface area contributed by atoms with Crippen molar-refractivity contribution in [3.63, 3.8) is 0 Å². The maximum Gasteiger partial charge on any atom is 0.256 e. The Hall–Kier alpha value is -4.13. The van der Waals surface area contributed by atoms with Crippen LogP contribution >= 0.6 is 0 Å². The summed E-state index contributed by atoms with van der Waals surface area (Å²) in [5, 5.41) is 3.19. The van der Waals surface area contributed by atoms with E-state index in [9.17, 15) is 4.79 Å². The molecule has 0 saturated carbocycles. The Morgan fingerprint density at radius 3 is 2.30 bits per heavy atom. The molecule has 2 atom stereocenters. The largest absolute Gasteiger partial charge is 0.493 e. The van der Waals surface area contributed by atoms with Crippen molar-refractivity contribution in [2.45, 2.75) is 37.3 Å². The molecule has 1 N–H and O–H groups in total. The molecule has 3 heterocycles. The van der Waals surface area contributed by atoms with Gasteiger partial charge in [0.1, 0.15) is 0 Å². The molecule has 0 bridgehead atoms. The Balaban J connectivity index is 0.998. The van der Waals surface area contributed by atoms with Gasteiger partial charge in [0.05, 0.1) is 19.8 Å². The number of methoxy groups -OCH3 is 2. The number of nitrogens with zero attached hydrogens (tertiary/aromatic N) is 2. The van der Waals surface area contributed by atoms with Crippen molar-refractivity contribution in [1.82, 2.24) is 9.80 Å². The average Bonchev–Trinajstić information content (AvgIpc) is 3.05. The van der Waals surface area contributed by atoms with Gasteiger partial charge in [-0.15, -0.1) is 0 Å². The summed E-state index contributed by atoms with van der Waals surface area (Å²) in [6, 6.07) is 31.5. The number of nitrogens with one attached hydrogen (secondary N) is 1. The number of rotatable bonds is 9. The molecule has 3 aliphatic rings. The Labute approximate surface area is 254 Å². The number of hydrogen-bond acceptors (Lipinski definition) is 5. The Bertz CT molecular complexity index is 1620. The van der Waals surface area contributed by atoms with Crippen molar-refractivity contribution in [2.24, 2.45) is 0 Å². The highest BCUT2D eigenvalue weighted by Crippen LogP contribution is 2.59. The van der Waals surface area contributed by atoms with Crippen molar-refractivity contribution in [3.05, 3.63) is 124 Å². The highest BCUT2D eigenvalue weighted by Gasteiger charge is 2.61. The maximum atomic E-state index is 13.6. The maximum absolute atomic E-state index is 13.6. The number of anilines is 1. The molecule has 2 unspecified atom stereocenters. The van der Waals surface area contributed by atoms with Gasteiger partial charge in [-0.3, -0.25) is 14.6 Å². The van der Waals surface area contributed by atoms with Crippen LogP contribution in [0.25, 0.3) is 0 Å². The molecular formula is C37H39N3O3. The number of fused-ring (bicyclic) bond motifs is 2. The van der Waals surface area contributed by atoms with E-state index in [0.717, 1.165) is 80.3 Å². The summed E-state index contributed by atoms with van der Waals surface area (Å²) in [6.07, 6.45) is 3.04. The molecular weight excluding hydrogens is 534 g/mol. The van der Waals surface area contributed by atoms with Crippen molar-refractivity contribution < 1.29 is 14.3 Å². The van der Waals surface area contributed by atoms with E-state index in [1.807, 2.05) is 24.3 Å². The molecule has 2 fully saturated rings. The minimum absolute atomic E-state index is 0.0395. The van der Waals surface area contributed by atoms with E-state index in [1.54, 1.807) is 14.2 Å². The number of amides is 1. The second-order valence-electron chi connectivity index (χ2n) is 12.0. The van der Waals surface area contributed by atoms with Crippen LogP contribution in [0.15, 0.2) is 91.0 Å². The van der Waals surface area contributed by atoms with Crippen LogP contribution in [-0.4, -0.2) is 56.1 Å². The zero-order valence-corrected chi connectivity index (χ0v) is 25.0. The number of benzene rings is 4. The van der Waals surface area contributed by atoms with Crippen LogP contribution in [0, 0.1) is 0 Å². The molecule has 220 valence electrons. The van der Waals surface area contributed by atoms with Gasteiger partial charge in [-0.1, -0.05) is 60.7 Å². The van der Waals surface area contributed by atoms with Crippen molar-refractivity contribution in [1.29, 1.82) is 0 Å². The lowest BCUT2D eigenvalue weighted by Crippen LogP contribution is -2.71. The van der Waals surface area contributed by atoms with E-state index in [1.165, 1.54) is 22.3 Å². The summed E-state index contributed by atoms with van der Waals surface area (Å²) < 4.78 is 11.0. The fourth-order valence-electron chi connectivity index (χ4n) is 7.41. The van der Waals surface area contributed by atoms with Gasteiger partial charge in [-0.25, -0.2) is 0 Å². The first-order chi connectivity index (χ1) is 21.1. The number of piperidine rings is 1. The molecule has 0 aromatic heterocycles. The fraction of sp³-hybridized carbons (Fsp3) is 0.324. The first kappa shape index (κ1) is 27.7. The van der Waals surface area contributed by atoms with Gasteiger partial charge in [0.25, 0.3) is 5.91 Å². The topological polar surface area (TPSA) is 54.0 Å². The molecule has 2 saturated heterocycles. The molecule has 6 nitrogen and oxygen atoms in total. The predicted molar refractivity (Wildman–Crippen MR) is 170 cm³/mol. The van der Waals surface area contributed by atoms with Gasteiger partial charge >= 0.3 is 0 Å². The smallest absolute Gasteiger partial charge is 0.256 e. The van der Waals surface area contributed by atoms with Crippen LogP contribution in [0.4, 0.5) is 5.69 Å². The standard InChI is InChI=1S/C37H39N3O3/c1-42-34-22-28-17-20-39(24-29(28)23-35(34)43-2)19-16-26-12-14-30(15-13-26)38-36(41)31-10-6-7-11-32(31)37-18-21-40(37)25-33(37)27-8-4-3-5-9-27/h3-15,22-23,33H,16-21,24-25H2,1-2H3,(H,38,41). The quantitative estimate of drug-likeness (QED) is 0.256. The third-order valence-corrected chi connectivity index (χ3v) is 9.87. The first-order valence-electron chi connectivity index (χ1n) is 15.3. The molecule has 4 aromatic carbocycles. The molecule has 4 aromatic rings. The molecule has 3 aliphatic heterocycles. The van der Waals surface area contributed by atoms with Crippen molar-refractivity contribution >= 4 is 11.6 Å². The lowest BCUT2D eigenvalue weighted by Gasteiger charge is -2.67. The summed E-state index contributed by atoms with van der Waals surface area (Å²) in [6.45, 7) is 5.06. The highest BCUT2D eigenvalue weighted by atomic mass is 16.5. The monoisotopic (exact) mass is 573 g/mol.